The van der Waals surface area contributed by atoms with Crippen molar-refractivity contribution >= 4 is 86.9 Å². The van der Waals surface area contributed by atoms with Gasteiger partial charge >= 0.3 is 0 Å². The highest BCUT2D eigenvalue weighted by atomic mass is 35.6. The molecule has 0 fully saturated rings. The quantitative estimate of drug-likeness (QED) is 0.317. The first kappa shape index (κ1) is 21.4. The van der Waals surface area contributed by atoms with Crippen molar-refractivity contribution < 1.29 is 4.79 Å². The summed E-state index contributed by atoms with van der Waals surface area (Å²) in [6.07, 6.45) is -1.12. The van der Waals surface area contributed by atoms with Gasteiger partial charge in [0.05, 0.1) is 10.6 Å². The second kappa shape index (κ2) is 9.31. The zero-order valence-corrected chi connectivity index (χ0v) is 17.5. The van der Waals surface area contributed by atoms with Gasteiger partial charge < -0.3 is 16.0 Å². The fourth-order valence-corrected chi connectivity index (χ4v) is 2.96. The van der Waals surface area contributed by atoms with Gasteiger partial charge in [0.2, 0.25) is 3.79 Å². The minimum Gasteiger partial charge on any atom is -0.339 e. The lowest BCUT2D eigenvalue weighted by atomic mass is 10.2. The van der Waals surface area contributed by atoms with Crippen LogP contribution in [-0.4, -0.2) is 21.0 Å². The molecule has 1 atom stereocenters. The smallest absolute Gasteiger partial charge is 0.254 e. The Balaban J connectivity index is 2.10. The van der Waals surface area contributed by atoms with E-state index in [0.29, 0.717) is 5.02 Å². The van der Waals surface area contributed by atoms with E-state index in [-0.39, 0.29) is 15.7 Å². The highest BCUT2D eigenvalue weighted by Gasteiger charge is 2.35. The average Bonchev–Trinajstić information content (AvgIpc) is 2.54. The zero-order chi connectivity index (χ0) is 19.3. The molecular formula is C16H12Cl5N3OS. The first-order chi connectivity index (χ1) is 12.2. The predicted molar refractivity (Wildman–Crippen MR) is 114 cm³/mol. The van der Waals surface area contributed by atoms with Gasteiger partial charge in [-0.25, -0.2) is 0 Å². The fraction of sp³-hybridized carbons (Fsp3) is 0.125. The Morgan fingerprint density at radius 2 is 1.65 bits per heavy atom. The van der Waals surface area contributed by atoms with Crippen LogP contribution in [-0.2, 0) is 0 Å². The molecule has 0 aliphatic heterocycles. The van der Waals surface area contributed by atoms with Crippen molar-refractivity contribution in [2.75, 3.05) is 5.32 Å². The number of carbonyl (C=O) groups excluding carboxylic acids is 1. The molecule has 2 aromatic carbocycles. The molecule has 3 N–H and O–H groups in total. The van der Waals surface area contributed by atoms with Crippen molar-refractivity contribution in [3.05, 3.63) is 64.1 Å². The highest BCUT2D eigenvalue weighted by Crippen LogP contribution is 2.30. The number of carbonyl (C=O) groups is 1. The minimum absolute atomic E-state index is 0.162. The van der Waals surface area contributed by atoms with E-state index in [2.05, 4.69) is 16.0 Å². The molecule has 0 spiro atoms. The van der Waals surface area contributed by atoms with Crippen molar-refractivity contribution in [1.29, 1.82) is 0 Å². The van der Waals surface area contributed by atoms with E-state index in [1.54, 1.807) is 0 Å². The Kier molecular flexibility index (Phi) is 7.64. The third-order valence-corrected chi connectivity index (χ3v) is 4.51. The summed E-state index contributed by atoms with van der Waals surface area (Å²) >= 11 is 34.9. The van der Waals surface area contributed by atoms with Crippen LogP contribution in [0.4, 0.5) is 5.69 Å². The number of thiocarbonyl (C=S) groups is 1. The lowest BCUT2D eigenvalue weighted by Gasteiger charge is -2.28. The Hall–Kier alpha value is -0.950. The standard InChI is InChI=1S/C16H12Cl5N3OS/c17-9-6-7-11(12(18)8-9)13(25)23-14(16(19,20)21)24-15(26)22-10-4-2-1-3-5-10/h1-8,14H,(H,23,25)(H2,22,24,26). The molecule has 4 nitrogen and oxygen atoms in total. The number of nitrogens with one attached hydrogen (secondary N) is 3. The lowest BCUT2D eigenvalue weighted by Crippen LogP contribution is -2.56. The Morgan fingerprint density at radius 1 is 1.00 bits per heavy atom. The summed E-state index contributed by atoms with van der Waals surface area (Å²) in [5.41, 5.74) is 0.916. The number of benzene rings is 2. The number of halogens is 5. The summed E-state index contributed by atoms with van der Waals surface area (Å²) < 4.78 is -1.88. The second-order valence-electron chi connectivity index (χ2n) is 5.04. The first-order valence-corrected chi connectivity index (χ1v) is 9.42. The van der Waals surface area contributed by atoms with E-state index < -0.39 is 15.9 Å². The molecule has 10 heteroatoms. The minimum atomic E-state index is -1.88. The molecule has 0 bridgehead atoms. The molecule has 0 saturated carbocycles. The third-order valence-electron chi connectivity index (χ3n) is 3.09. The molecule has 2 aromatic rings. The number of hydrogen-bond acceptors (Lipinski definition) is 2. The lowest BCUT2D eigenvalue weighted by molar-refractivity contribution is 0.0934. The van der Waals surface area contributed by atoms with Gasteiger partial charge in [-0.15, -0.1) is 0 Å². The summed E-state index contributed by atoms with van der Waals surface area (Å²) in [4.78, 5) is 12.5. The zero-order valence-electron chi connectivity index (χ0n) is 12.9. The molecular weight excluding hydrogens is 460 g/mol. The monoisotopic (exact) mass is 469 g/mol. The van der Waals surface area contributed by atoms with Gasteiger partial charge in [-0.3, -0.25) is 4.79 Å². The number of hydrogen-bond donors (Lipinski definition) is 3. The van der Waals surface area contributed by atoms with Crippen LogP contribution in [0, 0.1) is 0 Å². The van der Waals surface area contributed by atoms with Crippen molar-refractivity contribution in [2.45, 2.75) is 9.96 Å². The van der Waals surface area contributed by atoms with E-state index >= 15 is 0 Å². The van der Waals surface area contributed by atoms with Crippen molar-refractivity contribution in [3.8, 4) is 0 Å². The third kappa shape index (κ3) is 6.34. The van der Waals surface area contributed by atoms with E-state index in [9.17, 15) is 4.79 Å². The number of alkyl halides is 3. The van der Waals surface area contributed by atoms with Gasteiger partial charge in [0.15, 0.2) is 5.11 Å². The molecule has 1 amide bonds. The summed E-state index contributed by atoms with van der Waals surface area (Å²) in [7, 11) is 0. The number of amides is 1. The Morgan fingerprint density at radius 3 is 2.23 bits per heavy atom. The summed E-state index contributed by atoms with van der Waals surface area (Å²) in [5.74, 6) is -0.557. The van der Waals surface area contributed by atoms with Gasteiger partial charge in [-0.1, -0.05) is 76.2 Å². The van der Waals surface area contributed by atoms with E-state index in [1.165, 1.54) is 18.2 Å². The Labute approximate surface area is 181 Å². The molecule has 0 heterocycles. The second-order valence-corrected chi connectivity index (χ2v) is 8.66. The van der Waals surface area contributed by atoms with Crippen molar-refractivity contribution in [3.63, 3.8) is 0 Å². The number of anilines is 1. The van der Waals surface area contributed by atoms with E-state index in [0.717, 1.165) is 5.69 Å². The number of para-hydroxylation sites is 1. The van der Waals surface area contributed by atoms with Crippen LogP contribution in [0.5, 0.6) is 0 Å². The Bertz CT molecular complexity index is 798. The molecule has 26 heavy (non-hydrogen) atoms. The predicted octanol–water partition coefficient (Wildman–Crippen LogP) is 5.41. The van der Waals surface area contributed by atoms with Crippen LogP contribution in [0.2, 0.25) is 10.0 Å². The van der Waals surface area contributed by atoms with Crippen LogP contribution in [0.1, 0.15) is 10.4 Å². The molecule has 2 rings (SSSR count). The summed E-state index contributed by atoms with van der Waals surface area (Å²) in [6, 6.07) is 13.6. The highest BCUT2D eigenvalue weighted by molar-refractivity contribution is 7.80. The van der Waals surface area contributed by atoms with Crippen LogP contribution in [0.15, 0.2) is 48.5 Å². The van der Waals surface area contributed by atoms with Gasteiger partial charge in [0.25, 0.3) is 5.91 Å². The first-order valence-electron chi connectivity index (χ1n) is 7.12. The fourth-order valence-electron chi connectivity index (χ4n) is 1.90. The average molecular weight is 472 g/mol. The van der Waals surface area contributed by atoms with Crippen LogP contribution in [0.25, 0.3) is 0 Å². The maximum absolute atomic E-state index is 12.5. The van der Waals surface area contributed by atoms with Gasteiger partial charge in [0, 0.05) is 10.7 Å². The molecule has 0 saturated heterocycles. The van der Waals surface area contributed by atoms with Gasteiger partial charge in [-0.05, 0) is 42.5 Å². The van der Waals surface area contributed by atoms with E-state index in [4.69, 9.17) is 70.2 Å². The van der Waals surface area contributed by atoms with Crippen molar-refractivity contribution in [1.82, 2.24) is 10.6 Å². The largest absolute Gasteiger partial charge is 0.339 e. The van der Waals surface area contributed by atoms with Crippen LogP contribution in [0.3, 0.4) is 0 Å². The molecule has 0 aliphatic carbocycles. The van der Waals surface area contributed by atoms with Gasteiger partial charge in [0.1, 0.15) is 6.17 Å². The number of rotatable bonds is 4. The molecule has 0 radical (unpaired) electrons. The van der Waals surface area contributed by atoms with E-state index in [1.807, 2.05) is 30.3 Å². The topological polar surface area (TPSA) is 53.2 Å². The molecule has 0 aromatic heterocycles. The van der Waals surface area contributed by atoms with Crippen LogP contribution >= 0.6 is 70.2 Å². The molecule has 1 unspecified atom stereocenters. The van der Waals surface area contributed by atoms with Crippen molar-refractivity contribution in [2.24, 2.45) is 0 Å². The maximum Gasteiger partial charge on any atom is 0.254 e. The SMILES string of the molecule is O=C(NC(NC(=S)Nc1ccccc1)C(Cl)(Cl)Cl)c1ccc(Cl)cc1Cl. The normalized spacial score (nSPS) is 12.2. The summed E-state index contributed by atoms with van der Waals surface area (Å²) in [5, 5.41) is 8.97. The van der Waals surface area contributed by atoms with Gasteiger partial charge in [-0.2, -0.15) is 0 Å². The summed E-state index contributed by atoms with van der Waals surface area (Å²) in [6.45, 7) is 0. The van der Waals surface area contributed by atoms with Crippen LogP contribution < -0.4 is 16.0 Å². The molecule has 138 valence electrons. The molecule has 0 aliphatic rings. The maximum atomic E-state index is 12.5.